The van der Waals surface area contributed by atoms with Gasteiger partial charge in [0.25, 0.3) is 0 Å². The molecule has 0 aliphatic rings. The fourth-order valence-corrected chi connectivity index (χ4v) is 2.17. The summed E-state index contributed by atoms with van der Waals surface area (Å²) in [4.78, 5) is 21.1. The molecule has 0 fully saturated rings. The van der Waals surface area contributed by atoms with E-state index >= 15 is 0 Å². The van der Waals surface area contributed by atoms with E-state index in [-0.39, 0.29) is 0 Å². The van der Waals surface area contributed by atoms with Crippen molar-refractivity contribution in [3.05, 3.63) is 23.8 Å². The highest BCUT2D eigenvalue weighted by Gasteiger charge is 2.07. The van der Waals surface area contributed by atoms with Gasteiger partial charge in [0.1, 0.15) is 12.9 Å². The van der Waals surface area contributed by atoms with E-state index < -0.39 is 0 Å². The normalized spacial score (nSPS) is 10.1. The number of aldehydes is 1. The van der Waals surface area contributed by atoms with Crippen molar-refractivity contribution < 1.29 is 19.1 Å². The molecule has 0 saturated heterocycles. The van der Waals surface area contributed by atoms with Crippen LogP contribution in [0.3, 0.4) is 0 Å². The lowest BCUT2D eigenvalue weighted by atomic mass is 10.1. The first-order valence-corrected chi connectivity index (χ1v) is 8.33. The first-order valence-electron chi connectivity index (χ1n) is 8.33. The summed E-state index contributed by atoms with van der Waals surface area (Å²) in [6.07, 6.45) is 8.59. The maximum atomic E-state index is 10.9. The number of hydrogen-bond acceptors (Lipinski definition) is 4. The summed E-state index contributed by atoms with van der Waals surface area (Å²) >= 11 is 0. The summed E-state index contributed by atoms with van der Waals surface area (Å²) in [5, 5.41) is 2.53. The van der Waals surface area contributed by atoms with Gasteiger partial charge >= 0.3 is 0 Å². The van der Waals surface area contributed by atoms with Gasteiger partial charge in [-0.25, -0.2) is 0 Å². The van der Waals surface area contributed by atoms with Gasteiger partial charge < -0.3 is 14.8 Å². The zero-order valence-electron chi connectivity index (χ0n) is 13.9. The largest absolute Gasteiger partial charge is 0.490 e. The first-order chi connectivity index (χ1) is 11.3. The van der Waals surface area contributed by atoms with Gasteiger partial charge in [0, 0.05) is 5.56 Å². The van der Waals surface area contributed by atoms with E-state index in [4.69, 9.17) is 9.47 Å². The van der Waals surface area contributed by atoms with Crippen LogP contribution in [-0.2, 0) is 4.79 Å². The van der Waals surface area contributed by atoms with Crippen LogP contribution < -0.4 is 14.8 Å². The lowest BCUT2D eigenvalue weighted by Gasteiger charge is -2.13. The van der Waals surface area contributed by atoms with Crippen LogP contribution in [0.15, 0.2) is 18.2 Å². The third kappa shape index (κ3) is 8.24. The van der Waals surface area contributed by atoms with E-state index in [0.29, 0.717) is 43.2 Å². The molecule has 1 aromatic carbocycles. The number of hydrogen-bond donors (Lipinski definition) is 1. The molecule has 0 bridgehead atoms. The summed E-state index contributed by atoms with van der Waals surface area (Å²) in [5.41, 5.74) is 0.557. The number of nitrogens with one attached hydrogen (secondary N) is 1. The van der Waals surface area contributed by atoms with Crippen LogP contribution >= 0.6 is 0 Å². The molecule has 1 amide bonds. The number of benzene rings is 1. The highest BCUT2D eigenvalue weighted by Crippen LogP contribution is 2.28. The van der Waals surface area contributed by atoms with Gasteiger partial charge in [0.05, 0.1) is 13.2 Å². The zero-order chi connectivity index (χ0) is 16.8. The molecular formula is C18H27NO4. The van der Waals surface area contributed by atoms with Crippen LogP contribution in [0, 0.1) is 0 Å². The maximum Gasteiger partial charge on any atom is 0.207 e. The summed E-state index contributed by atoms with van der Waals surface area (Å²) in [6, 6.07) is 5.10. The van der Waals surface area contributed by atoms with Crippen molar-refractivity contribution in [3.63, 3.8) is 0 Å². The molecule has 0 aliphatic carbocycles. The van der Waals surface area contributed by atoms with Crippen molar-refractivity contribution in [1.82, 2.24) is 5.32 Å². The first kappa shape index (κ1) is 19.0. The summed E-state index contributed by atoms with van der Waals surface area (Å²) in [5.74, 6) is 1.17. The molecule has 0 atom stereocenters. The van der Waals surface area contributed by atoms with Gasteiger partial charge in [0.15, 0.2) is 11.5 Å². The number of unbranched alkanes of at least 4 members (excludes halogenated alkanes) is 5. The molecule has 0 saturated carbocycles. The SMILES string of the molecule is CCCCCCCCOc1cc(C=O)ccc1OCCNC=O. The van der Waals surface area contributed by atoms with Crippen LogP contribution in [0.1, 0.15) is 55.8 Å². The van der Waals surface area contributed by atoms with Gasteiger partial charge in [-0.15, -0.1) is 0 Å². The minimum absolute atomic E-state index is 0.354. The highest BCUT2D eigenvalue weighted by molar-refractivity contribution is 5.76. The van der Waals surface area contributed by atoms with Gasteiger partial charge in [-0.05, 0) is 24.6 Å². The quantitative estimate of drug-likeness (QED) is 0.421. The van der Waals surface area contributed by atoms with Crippen molar-refractivity contribution in [2.75, 3.05) is 19.8 Å². The van der Waals surface area contributed by atoms with E-state index in [1.165, 1.54) is 25.7 Å². The van der Waals surface area contributed by atoms with Crippen molar-refractivity contribution in [2.45, 2.75) is 45.4 Å². The molecule has 0 unspecified atom stereocenters. The van der Waals surface area contributed by atoms with Crippen molar-refractivity contribution in [2.24, 2.45) is 0 Å². The highest BCUT2D eigenvalue weighted by atomic mass is 16.5. The fraction of sp³-hybridized carbons (Fsp3) is 0.556. The van der Waals surface area contributed by atoms with Crippen LogP contribution in [0.25, 0.3) is 0 Å². The molecule has 0 aliphatic heterocycles. The molecule has 1 N–H and O–H groups in total. The zero-order valence-corrected chi connectivity index (χ0v) is 13.9. The molecule has 23 heavy (non-hydrogen) atoms. The smallest absolute Gasteiger partial charge is 0.207 e. The Morgan fingerprint density at radius 2 is 1.70 bits per heavy atom. The van der Waals surface area contributed by atoms with Gasteiger partial charge in [0.2, 0.25) is 6.41 Å². The molecule has 1 rings (SSSR count). The van der Waals surface area contributed by atoms with Gasteiger partial charge in [-0.3, -0.25) is 9.59 Å². The number of rotatable bonds is 14. The average Bonchev–Trinajstić information content (AvgIpc) is 2.58. The van der Waals surface area contributed by atoms with Crippen LogP contribution in [0.2, 0.25) is 0 Å². The van der Waals surface area contributed by atoms with Crippen LogP contribution in [0.4, 0.5) is 0 Å². The topological polar surface area (TPSA) is 64.6 Å². The Morgan fingerprint density at radius 1 is 0.957 bits per heavy atom. The van der Waals surface area contributed by atoms with Crippen molar-refractivity contribution in [3.8, 4) is 11.5 Å². The van der Waals surface area contributed by atoms with Crippen LogP contribution in [0.5, 0.6) is 11.5 Å². The van der Waals surface area contributed by atoms with E-state index in [9.17, 15) is 9.59 Å². The Bertz CT molecular complexity index is 462. The van der Waals surface area contributed by atoms with Crippen LogP contribution in [-0.4, -0.2) is 32.5 Å². The van der Waals surface area contributed by atoms with E-state index in [1.54, 1.807) is 18.2 Å². The van der Waals surface area contributed by atoms with E-state index in [2.05, 4.69) is 12.2 Å². The third-order valence-electron chi connectivity index (χ3n) is 3.45. The Hall–Kier alpha value is -2.04. The summed E-state index contributed by atoms with van der Waals surface area (Å²) < 4.78 is 11.4. The molecule has 5 nitrogen and oxygen atoms in total. The van der Waals surface area contributed by atoms with Gasteiger partial charge in [-0.1, -0.05) is 39.0 Å². The molecule has 0 aromatic heterocycles. The molecule has 1 aromatic rings. The number of carbonyl (C=O) groups excluding carboxylic acids is 2. The minimum atomic E-state index is 0.354. The molecule has 5 heteroatoms. The second-order valence-electron chi connectivity index (χ2n) is 5.36. The summed E-state index contributed by atoms with van der Waals surface area (Å²) in [6.45, 7) is 3.59. The Balaban J connectivity index is 2.43. The standard InChI is InChI=1S/C18H27NO4/c1-2-3-4-5-6-7-11-22-18-13-16(14-20)8-9-17(18)23-12-10-19-15-21/h8-9,13-15H,2-7,10-12H2,1H3,(H,19,21). The number of carbonyl (C=O) groups is 2. The Labute approximate surface area is 138 Å². The third-order valence-corrected chi connectivity index (χ3v) is 3.45. The second-order valence-corrected chi connectivity index (χ2v) is 5.36. The van der Waals surface area contributed by atoms with Crippen molar-refractivity contribution in [1.29, 1.82) is 0 Å². The molecular weight excluding hydrogens is 294 g/mol. The second kappa shape index (κ2) is 12.5. The van der Waals surface area contributed by atoms with Gasteiger partial charge in [-0.2, -0.15) is 0 Å². The molecule has 0 heterocycles. The predicted molar refractivity (Wildman–Crippen MR) is 90.3 cm³/mol. The predicted octanol–water partition coefficient (Wildman–Crippen LogP) is 3.36. The Morgan fingerprint density at radius 3 is 2.43 bits per heavy atom. The van der Waals surface area contributed by atoms with E-state index in [1.807, 2.05) is 0 Å². The lowest BCUT2D eigenvalue weighted by Crippen LogP contribution is -2.19. The minimum Gasteiger partial charge on any atom is -0.490 e. The number of amides is 1. The van der Waals surface area contributed by atoms with Crippen molar-refractivity contribution >= 4 is 12.7 Å². The molecule has 0 spiro atoms. The lowest BCUT2D eigenvalue weighted by molar-refractivity contribution is -0.109. The number of ether oxygens (including phenoxy) is 2. The monoisotopic (exact) mass is 321 g/mol. The summed E-state index contributed by atoms with van der Waals surface area (Å²) in [7, 11) is 0. The Kier molecular flexibility index (Phi) is 10.3. The molecule has 128 valence electrons. The molecule has 0 radical (unpaired) electrons. The maximum absolute atomic E-state index is 10.9. The van der Waals surface area contributed by atoms with E-state index in [0.717, 1.165) is 19.1 Å². The fourth-order valence-electron chi connectivity index (χ4n) is 2.17. The average molecular weight is 321 g/mol.